The average Bonchev–Trinajstić information content (AvgIpc) is 2.54. The summed E-state index contributed by atoms with van der Waals surface area (Å²) >= 11 is 0. The molecule has 1 heterocycles. The molecule has 0 bridgehead atoms. The quantitative estimate of drug-likeness (QED) is 0.540. The summed E-state index contributed by atoms with van der Waals surface area (Å²) in [6.45, 7) is 0. The molecule has 0 atom stereocenters. The van der Waals surface area contributed by atoms with Gasteiger partial charge in [0.05, 0.1) is 0 Å². The highest BCUT2D eigenvalue weighted by Crippen LogP contribution is 2.36. The van der Waals surface area contributed by atoms with Crippen LogP contribution in [0.25, 0.3) is 32.7 Å². The van der Waals surface area contributed by atoms with Gasteiger partial charge in [-0.1, -0.05) is 24.3 Å². The number of aromatic nitrogens is 1. The van der Waals surface area contributed by atoms with E-state index in [-0.39, 0.29) is 11.6 Å². The van der Waals surface area contributed by atoms with Crippen molar-refractivity contribution in [2.24, 2.45) is 0 Å². The third kappa shape index (κ3) is 1.99. The van der Waals surface area contributed by atoms with E-state index in [4.69, 9.17) is 0 Å². The Morgan fingerprint density at radius 2 is 1.45 bits per heavy atom. The number of phenols is 1. The molecule has 0 fully saturated rings. The summed E-state index contributed by atoms with van der Waals surface area (Å²) in [5, 5.41) is 13.8. The van der Waals surface area contributed by atoms with E-state index < -0.39 is 0 Å². The van der Waals surface area contributed by atoms with Gasteiger partial charge in [0.25, 0.3) is 0 Å². The van der Waals surface area contributed by atoms with Crippen LogP contribution in [-0.2, 0) is 0 Å². The standard InChI is InChI=1S/C19H12FNO/c20-18-9-14-5-6-21-11-15(14)8-16(18)17-7-12-3-1-2-4-13(12)10-19(17)22/h1-11,22H. The van der Waals surface area contributed by atoms with Crippen LogP contribution in [0.4, 0.5) is 4.39 Å². The summed E-state index contributed by atoms with van der Waals surface area (Å²) in [6, 6.07) is 16.1. The Kier molecular flexibility index (Phi) is 2.79. The van der Waals surface area contributed by atoms with Crippen LogP contribution in [0.5, 0.6) is 5.75 Å². The van der Waals surface area contributed by atoms with Gasteiger partial charge in [0.1, 0.15) is 11.6 Å². The summed E-state index contributed by atoms with van der Waals surface area (Å²) in [6.07, 6.45) is 3.32. The Labute approximate surface area is 126 Å². The van der Waals surface area contributed by atoms with Gasteiger partial charge in [-0.05, 0) is 46.5 Å². The first-order valence-corrected chi connectivity index (χ1v) is 6.98. The highest BCUT2D eigenvalue weighted by Gasteiger charge is 2.12. The Morgan fingerprint density at radius 3 is 2.27 bits per heavy atom. The van der Waals surface area contributed by atoms with Crippen molar-refractivity contribution in [3.05, 3.63) is 72.8 Å². The molecule has 3 aromatic carbocycles. The van der Waals surface area contributed by atoms with Crippen molar-refractivity contribution >= 4 is 21.5 Å². The zero-order valence-corrected chi connectivity index (χ0v) is 11.6. The minimum absolute atomic E-state index is 0.0702. The molecule has 0 aliphatic rings. The maximum atomic E-state index is 14.5. The largest absolute Gasteiger partial charge is 0.507 e. The van der Waals surface area contributed by atoms with Crippen LogP contribution in [-0.4, -0.2) is 10.1 Å². The predicted octanol–water partition coefficient (Wildman–Crippen LogP) is 4.90. The number of fused-ring (bicyclic) bond motifs is 2. The second-order valence-corrected chi connectivity index (χ2v) is 5.27. The van der Waals surface area contributed by atoms with E-state index in [0.717, 1.165) is 21.5 Å². The molecule has 0 spiro atoms. The first-order valence-electron chi connectivity index (χ1n) is 6.98. The zero-order chi connectivity index (χ0) is 15.1. The highest BCUT2D eigenvalue weighted by atomic mass is 19.1. The fourth-order valence-corrected chi connectivity index (χ4v) is 2.76. The number of phenolic OH excluding ortho intramolecular Hbond substituents is 1. The molecule has 3 heteroatoms. The van der Waals surface area contributed by atoms with Crippen LogP contribution in [0.2, 0.25) is 0 Å². The third-order valence-corrected chi connectivity index (χ3v) is 3.88. The zero-order valence-electron chi connectivity index (χ0n) is 11.6. The highest BCUT2D eigenvalue weighted by molar-refractivity contribution is 5.93. The summed E-state index contributed by atoms with van der Waals surface area (Å²) in [5.74, 6) is -0.287. The number of halogens is 1. The van der Waals surface area contributed by atoms with Crippen molar-refractivity contribution in [3.8, 4) is 16.9 Å². The number of hydrogen-bond donors (Lipinski definition) is 1. The normalized spacial score (nSPS) is 11.1. The molecule has 4 rings (SSSR count). The monoisotopic (exact) mass is 289 g/mol. The molecule has 2 nitrogen and oxygen atoms in total. The van der Waals surface area contributed by atoms with Gasteiger partial charge >= 0.3 is 0 Å². The van der Waals surface area contributed by atoms with Crippen LogP contribution in [0, 0.1) is 5.82 Å². The van der Waals surface area contributed by atoms with Gasteiger partial charge in [-0.25, -0.2) is 4.39 Å². The number of hydrogen-bond acceptors (Lipinski definition) is 2. The lowest BCUT2D eigenvalue weighted by molar-refractivity contribution is 0.477. The lowest BCUT2D eigenvalue weighted by atomic mass is 9.98. The van der Waals surface area contributed by atoms with Crippen LogP contribution in [0.15, 0.2) is 67.0 Å². The van der Waals surface area contributed by atoms with Gasteiger partial charge in [-0.15, -0.1) is 0 Å². The van der Waals surface area contributed by atoms with Gasteiger partial charge in [0.15, 0.2) is 0 Å². The van der Waals surface area contributed by atoms with Gasteiger partial charge in [-0.3, -0.25) is 4.98 Å². The van der Waals surface area contributed by atoms with E-state index in [0.29, 0.717) is 11.1 Å². The molecule has 0 saturated carbocycles. The Bertz CT molecular complexity index is 927. The average molecular weight is 289 g/mol. The SMILES string of the molecule is Oc1cc2ccccc2cc1-c1cc2cnccc2cc1F. The van der Waals surface area contributed by atoms with Crippen molar-refractivity contribution < 1.29 is 9.50 Å². The van der Waals surface area contributed by atoms with E-state index in [2.05, 4.69) is 4.98 Å². The summed E-state index contributed by atoms with van der Waals surface area (Å²) in [7, 11) is 0. The fraction of sp³-hybridized carbons (Fsp3) is 0. The first-order chi connectivity index (χ1) is 10.7. The van der Waals surface area contributed by atoms with Crippen LogP contribution >= 0.6 is 0 Å². The van der Waals surface area contributed by atoms with E-state index >= 15 is 0 Å². The Hall–Kier alpha value is -2.94. The molecule has 22 heavy (non-hydrogen) atoms. The van der Waals surface area contributed by atoms with Crippen LogP contribution in [0.3, 0.4) is 0 Å². The van der Waals surface area contributed by atoms with Gasteiger partial charge in [0.2, 0.25) is 0 Å². The first kappa shape index (κ1) is 12.8. The lowest BCUT2D eigenvalue weighted by Gasteiger charge is -2.10. The molecule has 4 aromatic rings. The molecule has 1 N–H and O–H groups in total. The van der Waals surface area contributed by atoms with E-state index in [1.807, 2.05) is 30.3 Å². The minimum atomic E-state index is -0.357. The van der Waals surface area contributed by atoms with Gasteiger partial charge in [0, 0.05) is 28.9 Å². The van der Waals surface area contributed by atoms with Crippen molar-refractivity contribution in [2.45, 2.75) is 0 Å². The topological polar surface area (TPSA) is 33.1 Å². The lowest BCUT2D eigenvalue weighted by Crippen LogP contribution is -1.88. The number of pyridine rings is 1. The number of aromatic hydroxyl groups is 1. The molecule has 0 radical (unpaired) electrons. The molecular weight excluding hydrogens is 277 g/mol. The number of rotatable bonds is 1. The summed E-state index contributed by atoms with van der Waals surface area (Å²) in [4.78, 5) is 4.06. The molecule has 1 aromatic heterocycles. The van der Waals surface area contributed by atoms with Crippen LogP contribution < -0.4 is 0 Å². The third-order valence-electron chi connectivity index (χ3n) is 3.88. The van der Waals surface area contributed by atoms with E-state index in [9.17, 15) is 9.50 Å². The summed E-state index contributed by atoms with van der Waals surface area (Å²) in [5.41, 5.74) is 0.866. The fourth-order valence-electron chi connectivity index (χ4n) is 2.76. The molecule has 0 unspecified atom stereocenters. The van der Waals surface area contributed by atoms with Crippen molar-refractivity contribution in [1.29, 1.82) is 0 Å². The minimum Gasteiger partial charge on any atom is -0.507 e. The predicted molar refractivity (Wildman–Crippen MR) is 86.3 cm³/mol. The second-order valence-electron chi connectivity index (χ2n) is 5.27. The molecule has 0 saturated heterocycles. The number of nitrogens with zero attached hydrogens (tertiary/aromatic N) is 1. The Morgan fingerprint density at radius 1 is 0.773 bits per heavy atom. The number of benzene rings is 3. The molecular formula is C19H12FNO. The smallest absolute Gasteiger partial charge is 0.131 e. The molecule has 0 amide bonds. The maximum absolute atomic E-state index is 14.5. The van der Waals surface area contributed by atoms with Crippen molar-refractivity contribution in [3.63, 3.8) is 0 Å². The molecule has 0 aliphatic carbocycles. The van der Waals surface area contributed by atoms with Crippen molar-refractivity contribution in [2.75, 3.05) is 0 Å². The maximum Gasteiger partial charge on any atom is 0.131 e. The van der Waals surface area contributed by atoms with E-state index in [1.54, 1.807) is 30.6 Å². The molecule has 0 aliphatic heterocycles. The van der Waals surface area contributed by atoms with Gasteiger partial charge in [-0.2, -0.15) is 0 Å². The van der Waals surface area contributed by atoms with E-state index in [1.165, 1.54) is 6.07 Å². The second kappa shape index (κ2) is 4.81. The molecule has 106 valence electrons. The van der Waals surface area contributed by atoms with Crippen LogP contribution in [0.1, 0.15) is 0 Å². The van der Waals surface area contributed by atoms with Gasteiger partial charge < -0.3 is 5.11 Å². The Balaban J connectivity index is 2.02. The summed E-state index contributed by atoms with van der Waals surface area (Å²) < 4.78 is 14.5. The van der Waals surface area contributed by atoms with Crippen molar-refractivity contribution in [1.82, 2.24) is 4.98 Å².